The Morgan fingerprint density at radius 3 is 2.50 bits per heavy atom. The van der Waals surface area contributed by atoms with Crippen LogP contribution in [0.5, 0.6) is 0 Å². The van der Waals surface area contributed by atoms with Crippen LogP contribution in [-0.2, 0) is 0 Å². The van der Waals surface area contributed by atoms with Crippen molar-refractivity contribution in [1.29, 1.82) is 0 Å². The molecule has 1 heterocycles. The first-order chi connectivity index (χ1) is 6.77. The number of rotatable bonds is 5. The molecule has 0 saturated heterocycles. The van der Waals surface area contributed by atoms with E-state index >= 15 is 0 Å². The van der Waals surface area contributed by atoms with Gasteiger partial charge in [-0.2, -0.15) is 0 Å². The minimum Gasteiger partial charge on any atom is -0.355 e. The zero-order valence-corrected chi connectivity index (χ0v) is 7.94. The highest BCUT2D eigenvalue weighted by Gasteiger charge is 2.04. The molecule has 0 unspecified atom stereocenters. The second-order valence-electron chi connectivity index (χ2n) is 2.82. The van der Waals surface area contributed by atoms with Crippen LogP contribution >= 0.6 is 0 Å². The largest absolute Gasteiger partial charge is 0.355 e. The lowest BCUT2D eigenvalue weighted by molar-refractivity contribution is 0.764. The predicted molar refractivity (Wildman–Crippen MR) is 55.2 cm³/mol. The van der Waals surface area contributed by atoms with Gasteiger partial charge >= 0.3 is 5.69 Å². The monoisotopic (exact) mass is 197 g/mol. The molecule has 5 N–H and O–H groups in total. The zero-order valence-electron chi connectivity index (χ0n) is 7.94. The highest BCUT2D eigenvalue weighted by Crippen LogP contribution is 2.04. The van der Waals surface area contributed by atoms with Crippen molar-refractivity contribution < 1.29 is 0 Å². The normalized spacial score (nSPS) is 10.1. The van der Waals surface area contributed by atoms with Gasteiger partial charge in [0.1, 0.15) is 5.82 Å². The molecular weight excluding hydrogens is 182 g/mol. The molecule has 0 spiro atoms. The van der Waals surface area contributed by atoms with E-state index in [1.807, 2.05) is 4.90 Å². The fourth-order valence-electron chi connectivity index (χ4n) is 1.21. The summed E-state index contributed by atoms with van der Waals surface area (Å²) in [5.74, 6) is 0.709. The van der Waals surface area contributed by atoms with Crippen LogP contribution < -0.4 is 22.1 Å². The number of aromatic amines is 1. The highest BCUT2D eigenvalue weighted by atomic mass is 16.1. The average molecular weight is 197 g/mol. The second-order valence-corrected chi connectivity index (χ2v) is 2.82. The van der Waals surface area contributed by atoms with E-state index in [-0.39, 0.29) is 5.69 Å². The van der Waals surface area contributed by atoms with E-state index < -0.39 is 0 Å². The van der Waals surface area contributed by atoms with E-state index in [2.05, 4.69) is 9.97 Å². The van der Waals surface area contributed by atoms with Crippen LogP contribution in [-0.4, -0.2) is 36.1 Å². The van der Waals surface area contributed by atoms with Crippen LogP contribution in [0.15, 0.2) is 17.1 Å². The molecule has 0 aliphatic rings. The molecule has 1 rings (SSSR count). The highest BCUT2D eigenvalue weighted by molar-refractivity contribution is 5.36. The summed E-state index contributed by atoms with van der Waals surface area (Å²) < 4.78 is 0. The van der Waals surface area contributed by atoms with E-state index in [9.17, 15) is 4.79 Å². The molecule has 0 aliphatic carbocycles. The Labute approximate surface area is 81.9 Å². The second kappa shape index (κ2) is 5.36. The number of aromatic nitrogens is 2. The first-order valence-corrected chi connectivity index (χ1v) is 4.48. The van der Waals surface area contributed by atoms with Gasteiger partial charge in [-0.15, -0.1) is 0 Å². The molecule has 78 valence electrons. The summed E-state index contributed by atoms with van der Waals surface area (Å²) in [5, 5.41) is 0. The van der Waals surface area contributed by atoms with E-state index in [0.29, 0.717) is 32.0 Å². The molecule has 1 aromatic heterocycles. The topological polar surface area (TPSA) is 101 Å². The molecule has 0 aromatic carbocycles. The molecule has 0 atom stereocenters. The van der Waals surface area contributed by atoms with Crippen LogP contribution in [0.4, 0.5) is 5.82 Å². The van der Waals surface area contributed by atoms with Gasteiger partial charge in [-0.25, -0.2) is 9.78 Å². The van der Waals surface area contributed by atoms with Gasteiger partial charge in [-0.1, -0.05) is 0 Å². The summed E-state index contributed by atoms with van der Waals surface area (Å²) in [6.45, 7) is 2.36. The van der Waals surface area contributed by atoms with Gasteiger partial charge in [0.15, 0.2) is 0 Å². The smallest absolute Gasteiger partial charge is 0.346 e. The maximum atomic E-state index is 10.9. The molecule has 0 radical (unpaired) electrons. The van der Waals surface area contributed by atoms with Crippen LogP contribution in [0.25, 0.3) is 0 Å². The van der Waals surface area contributed by atoms with Crippen molar-refractivity contribution >= 4 is 5.82 Å². The summed E-state index contributed by atoms with van der Waals surface area (Å²) >= 11 is 0. The standard InChI is InChI=1S/C8H15N5O/c9-2-5-13(6-3-10)7-1-4-11-8(14)12-7/h1,4H,2-3,5-6,9-10H2,(H,11,12,14). The quantitative estimate of drug-likeness (QED) is 0.533. The van der Waals surface area contributed by atoms with E-state index in [1.54, 1.807) is 6.07 Å². The Balaban J connectivity index is 2.81. The van der Waals surface area contributed by atoms with Crippen LogP contribution in [0.2, 0.25) is 0 Å². The minimum absolute atomic E-state index is 0.360. The zero-order chi connectivity index (χ0) is 10.4. The molecule has 0 aliphatic heterocycles. The predicted octanol–water partition coefficient (Wildman–Crippen LogP) is -1.51. The Bertz CT molecular complexity index is 318. The molecule has 0 bridgehead atoms. The van der Waals surface area contributed by atoms with Crippen molar-refractivity contribution in [2.24, 2.45) is 11.5 Å². The minimum atomic E-state index is -0.360. The third-order valence-corrected chi connectivity index (χ3v) is 1.80. The molecule has 0 amide bonds. The van der Waals surface area contributed by atoms with Crippen molar-refractivity contribution in [3.63, 3.8) is 0 Å². The number of nitrogens with zero attached hydrogens (tertiary/aromatic N) is 2. The lowest BCUT2D eigenvalue weighted by atomic mass is 10.4. The lowest BCUT2D eigenvalue weighted by Crippen LogP contribution is -2.35. The molecule has 6 nitrogen and oxygen atoms in total. The number of H-pyrrole nitrogens is 1. The maximum absolute atomic E-state index is 10.9. The molecule has 1 aromatic rings. The molecular formula is C8H15N5O. The number of nitrogens with one attached hydrogen (secondary N) is 1. The van der Waals surface area contributed by atoms with Crippen molar-refractivity contribution in [2.45, 2.75) is 0 Å². The van der Waals surface area contributed by atoms with Gasteiger partial charge in [0.2, 0.25) is 0 Å². The van der Waals surface area contributed by atoms with Crippen LogP contribution in [0.1, 0.15) is 0 Å². The molecule has 0 saturated carbocycles. The van der Waals surface area contributed by atoms with Gasteiger partial charge in [0.05, 0.1) is 0 Å². The molecule has 14 heavy (non-hydrogen) atoms. The van der Waals surface area contributed by atoms with Crippen molar-refractivity contribution in [1.82, 2.24) is 9.97 Å². The third-order valence-electron chi connectivity index (χ3n) is 1.80. The van der Waals surface area contributed by atoms with Crippen LogP contribution in [0, 0.1) is 0 Å². The summed E-state index contributed by atoms with van der Waals surface area (Å²) in [7, 11) is 0. The van der Waals surface area contributed by atoms with Crippen LogP contribution in [0.3, 0.4) is 0 Å². The first-order valence-electron chi connectivity index (χ1n) is 4.48. The first kappa shape index (κ1) is 10.7. The fraction of sp³-hybridized carbons (Fsp3) is 0.500. The summed E-state index contributed by atoms with van der Waals surface area (Å²) in [6, 6.07) is 1.73. The Kier molecular flexibility index (Phi) is 4.09. The summed E-state index contributed by atoms with van der Waals surface area (Å²) in [6.07, 6.45) is 1.47. The fourth-order valence-corrected chi connectivity index (χ4v) is 1.21. The maximum Gasteiger partial charge on any atom is 0.346 e. The SMILES string of the molecule is NCCN(CCN)c1ccnc(=O)[nH]1. The number of hydrogen-bond donors (Lipinski definition) is 3. The molecule has 6 heteroatoms. The van der Waals surface area contributed by atoms with E-state index in [1.165, 1.54) is 6.20 Å². The summed E-state index contributed by atoms with van der Waals surface area (Å²) in [4.78, 5) is 19.0. The molecule has 0 fully saturated rings. The number of hydrogen-bond acceptors (Lipinski definition) is 5. The Morgan fingerprint density at radius 2 is 2.00 bits per heavy atom. The van der Waals surface area contributed by atoms with Gasteiger partial charge in [0.25, 0.3) is 0 Å². The van der Waals surface area contributed by atoms with Gasteiger partial charge in [-0.3, -0.25) is 4.98 Å². The lowest BCUT2D eigenvalue weighted by Gasteiger charge is -2.22. The Morgan fingerprint density at radius 1 is 1.36 bits per heavy atom. The van der Waals surface area contributed by atoms with Gasteiger partial charge < -0.3 is 16.4 Å². The third kappa shape index (κ3) is 2.82. The number of nitrogens with two attached hydrogens (primary N) is 2. The summed E-state index contributed by atoms with van der Waals surface area (Å²) in [5.41, 5.74) is 10.5. The Hall–Kier alpha value is -1.40. The van der Waals surface area contributed by atoms with Crippen molar-refractivity contribution in [3.05, 3.63) is 22.7 Å². The number of anilines is 1. The van der Waals surface area contributed by atoms with Gasteiger partial charge in [0, 0.05) is 32.4 Å². The van der Waals surface area contributed by atoms with E-state index in [0.717, 1.165) is 0 Å². The average Bonchev–Trinajstić information content (AvgIpc) is 2.17. The van der Waals surface area contributed by atoms with Crippen molar-refractivity contribution in [3.8, 4) is 0 Å². The van der Waals surface area contributed by atoms with E-state index in [4.69, 9.17) is 11.5 Å². The van der Waals surface area contributed by atoms with Crippen molar-refractivity contribution in [2.75, 3.05) is 31.1 Å². The van der Waals surface area contributed by atoms with Gasteiger partial charge in [-0.05, 0) is 6.07 Å².